The average molecular weight is 446 g/mol. The van der Waals surface area contributed by atoms with Gasteiger partial charge < -0.3 is 4.74 Å². The van der Waals surface area contributed by atoms with E-state index >= 15 is 0 Å². The van der Waals surface area contributed by atoms with Crippen LogP contribution in [-0.4, -0.2) is 36.9 Å². The van der Waals surface area contributed by atoms with Gasteiger partial charge in [-0.2, -0.15) is 4.31 Å². The number of hydrogen-bond acceptors (Lipinski definition) is 4. The van der Waals surface area contributed by atoms with E-state index in [1.807, 2.05) is 26.0 Å². The van der Waals surface area contributed by atoms with Crippen LogP contribution in [0.25, 0.3) is 0 Å². The molecule has 1 saturated heterocycles. The minimum absolute atomic E-state index is 0.00811. The Bertz CT molecular complexity index is 1020. The molecule has 1 aromatic carbocycles. The molecule has 2 bridgehead atoms. The number of nitrogens with zero attached hydrogens (tertiary/aromatic N) is 1. The highest BCUT2D eigenvalue weighted by Crippen LogP contribution is 2.70. The monoisotopic (exact) mass is 445 g/mol. The van der Waals surface area contributed by atoms with Crippen molar-refractivity contribution < 1.29 is 17.9 Å². The second-order valence-corrected chi connectivity index (χ2v) is 13.2. The van der Waals surface area contributed by atoms with E-state index in [0.717, 1.165) is 31.2 Å². The first-order valence-electron chi connectivity index (χ1n) is 11.7. The number of aryl methyl sites for hydroxylation is 1. The van der Waals surface area contributed by atoms with Crippen LogP contribution in [-0.2, 0) is 19.6 Å². The predicted molar refractivity (Wildman–Crippen MR) is 119 cm³/mol. The predicted octanol–water partition coefficient (Wildman–Crippen LogP) is 4.68. The van der Waals surface area contributed by atoms with Crippen LogP contribution in [0.2, 0.25) is 0 Å². The lowest BCUT2D eigenvalue weighted by Crippen LogP contribution is -2.54. The second-order valence-electron chi connectivity index (χ2n) is 11.4. The van der Waals surface area contributed by atoms with Gasteiger partial charge in [0.25, 0.3) is 0 Å². The molecule has 0 N–H and O–H groups in total. The standard InChI is InChI=1S/C25H35NO4S/c1-16-9-11-17(12-10-16)31(28,29)26-20-18-13-15-25(5,23(18,2)3)21(20)30-22(26)24(4)14-7-6-8-19(24)27/h9-12,18,20-22H,6-8,13-15H2,1-5H3/t18-,20+,21+,22?,24?,25+/m1/s1. The molecule has 3 aliphatic carbocycles. The summed E-state index contributed by atoms with van der Waals surface area (Å²) in [6.45, 7) is 10.7. The van der Waals surface area contributed by atoms with Gasteiger partial charge in [0.2, 0.25) is 10.0 Å². The SMILES string of the molecule is Cc1ccc(S(=O)(=O)N2C(C3(C)CCCCC3=O)O[C@H]3[C@@H]2[C@H]2CC[C@]3(C)C2(C)C)cc1. The van der Waals surface area contributed by atoms with Gasteiger partial charge in [-0.15, -0.1) is 0 Å². The van der Waals surface area contributed by atoms with Gasteiger partial charge >= 0.3 is 0 Å². The number of hydrogen-bond donors (Lipinski definition) is 0. The Hall–Kier alpha value is -1.24. The Morgan fingerprint density at radius 1 is 1.03 bits per heavy atom. The second kappa shape index (κ2) is 6.64. The third kappa shape index (κ3) is 2.67. The van der Waals surface area contributed by atoms with Gasteiger partial charge in [-0.1, -0.05) is 44.9 Å². The number of ketones is 1. The quantitative estimate of drug-likeness (QED) is 0.677. The van der Waals surface area contributed by atoms with Crippen molar-refractivity contribution in [3.05, 3.63) is 29.8 Å². The Morgan fingerprint density at radius 3 is 2.35 bits per heavy atom. The zero-order valence-electron chi connectivity index (χ0n) is 19.3. The molecule has 1 heterocycles. The van der Waals surface area contributed by atoms with Crippen LogP contribution in [0.1, 0.15) is 71.8 Å². The van der Waals surface area contributed by atoms with Crippen LogP contribution in [0.5, 0.6) is 0 Å². The molecule has 0 spiro atoms. The van der Waals surface area contributed by atoms with Crippen molar-refractivity contribution in [1.82, 2.24) is 4.31 Å². The molecule has 5 nitrogen and oxygen atoms in total. The number of rotatable bonds is 3. The Kier molecular flexibility index (Phi) is 4.63. The molecule has 0 aromatic heterocycles. The van der Waals surface area contributed by atoms with Gasteiger partial charge in [-0.25, -0.2) is 8.42 Å². The van der Waals surface area contributed by atoms with Crippen molar-refractivity contribution in [3.8, 4) is 0 Å². The molecule has 0 amide bonds. The van der Waals surface area contributed by atoms with E-state index in [1.165, 1.54) is 0 Å². The zero-order valence-corrected chi connectivity index (χ0v) is 20.2. The molecular formula is C25H35NO4S. The van der Waals surface area contributed by atoms with E-state index in [0.29, 0.717) is 17.7 Å². The summed E-state index contributed by atoms with van der Waals surface area (Å²) in [7, 11) is -3.81. The summed E-state index contributed by atoms with van der Waals surface area (Å²) in [6, 6.07) is 6.86. The molecule has 2 unspecified atom stereocenters. The number of sulfonamides is 1. The molecule has 5 rings (SSSR count). The lowest BCUT2D eigenvalue weighted by atomic mass is 9.69. The maximum Gasteiger partial charge on any atom is 0.245 e. The van der Waals surface area contributed by atoms with Crippen LogP contribution in [0, 0.1) is 29.1 Å². The first kappa shape index (κ1) is 21.6. The van der Waals surface area contributed by atoms with Gasteiger partial charge in [-0.05, 0) is 63.0 Å². The third-order valence-corrected chi connectivity index (χ3v) is 11.5. The van der Waals surface area contributed by atoms with E-state index < -0.39 is 21.7 Å². The summed E-state index contributed by atoms with van der Waals surface area (Å²) in [5.41, 5.74) is 0.132. The minimum atomic E-state index is -3.81. The van der Waals surface area contributed by atoms with E-state index in [9.17, 15) is 13.2 Å². The highest BCUT2D eigenvalue weighted by molar-refractivity contribution is 7.89. The first-order valence-corrected chi connectivity index (χ1v) is 13.2. The molecule has 4 aliphatic rings. The lowest BCUT2D eigenvalue weighted by Gasteiger charge is -2.43. The summed E-state index contributed by atoms with van der Waals surface area (Å²) >= 11 is 0. The number of ether oxygens (including phenoxy) is 1. The fourth-order valence-electron chi connectivity index (χ4n) is 7.17. The Labute approximate surface area is 186 Å². The molecule has 0 radical (unpaired) electrons. The molecule has 6 atom stereocenters. The van der Waals surface area contributed by atoms with E-state index in [-0.39, 0.29) is 34.7 Å². The van der Waals surface area contributed by atoms with Crippen molar-refractivity contribution in [1.29, 1.82) is 0 Å². The van der Waals surface area contributed by atoms with Crippen LogP contribution in [0.3, 0.4) is 0 Å². The van der Waals surface area contributed by atoms with Crippen molar-refractivity contribution >= 4 is 15.8 Å². The summed E-state index contributed by atoms with van der Waals surface area (Å²) in [5.74, 6) is 0.375. The number of fused-ring (bicyclic) bond motifs is 5. The van der Waals surface area contributed by atoms with E-state index in [1.54, 1.807) is 16.4 Å². The van der Waals surface area contributed by atoms with Gasteiger partial charge in [0.05, 0.1) is 22.5 Å². The highest BCUT2D eigenvalue weighted by atomic mass is 32.2. The smallest absolute Gasteiger partial charge is 0.245 e. The van der Waals surface area contributed by atoms with Crippen LogP contribution in [0.4, 0.5) is 0 Å². The van der Waals surface area contributed by atoms with Gasteiger partial charge in [0.1, 0.15) is 12.0 Å². The summed E-state index contributed by atoms with van der Waals surface area (Å²) < 4.78 is 36.6. The van der Waals surface area contributed by atoms with Crippen molar-refractivity contribution in [2.45, 2.75) is 96.4 Å². The average Bonchev–Trinajstić information content (AvgIpc) is 3.27. The number of carbonyl (C=O) groups excluding carboxylic acids is 1. The summed E-state index contributed by atoms with van der Waals surface area (Å²) in [5, 5.41) is 0. The Balaban J connectivity index is 1.66. The van der Waals surface area contributed by atoms with Gasteiger partial charge in [0.15, 0.2) is 0 Å². The summed E-state index contributed by atoms with van der Waals surface area (Å²) in [6.07, 6.45) is 4.16. The van der Waals surface area contributed by atoms with Crippen LogP contribution in [0.15, 0.2) is 29.2 Å². The first-order chi connectivity index (χ1) is 14.4. The number of benzene rings is 1. The largest absolute Gasteiger partial charge is 0.356 e. The van der Waals surface area contributed by atoms with Gasteiger partial charge in [0, 0.05) is 11.8 Å². The molecule has 170 valence electrons. The normalized spacial score (nSPS) is 42.2. The lowest BCUT2D eigenvalue weighted by molar-refractivity contribution is -0.152. The molecular weight excluding hydrogens is 410 g/mol. The van der Waals surface area contributed by atoms with Crippen LogP contribution >= 0.6 is 0 Å². The number of Topliss-reactive ketones (excluding diaryl/α,β-unsaturated/α-hetero) is 1. The molecule has 3 saturated carbocycles. The zero-order chi connectivity index (χ0) is 22.4. The van der Waals surface area contributed by atoms with E-state index in [4.69, 9.17) is 4.74 Å². The van der Waals surface area contributed by atoms with E-state index in [2.05, 4.69) is 20.8 Å². The Morgan fingerprint density at radius 2 is 1.71 bits per heavy atom. The molecule has 1 aromatic rings. The third-order valence-electron chi connectivity index (χ3n) is 9.65. The maximum absolute atomic E-state index is 14.1. The fourth-order valence-corrected chi connectivity index (χ4v) is 9.00. The molecule has 1 aliphatic heterocycles. The molecule has 31 heavy (non-hydrogen) atoms. The van der Waals surface area contributed by atoms with Crippen molar-refractivity contribution in [2.24, 2.45) is 22.2 Å². The van der Waals surface area contributed by atoms with Gasteiger partial charge in [-0.3, -0.25) is 4.79 Å². The summed E-state index contributed by atoms with van der Waals surface area (Å²) in [4.78, 5) is 13.5. The van der Waals surface area contributed by atoms with Crippen molar-refractivity contribution in [3.63, 3.8) is 0 Å². The topological polar surface area (TPSA) is 63.7 Å². The molecule has 4 fully saturated rings. The number of carbonyl (C=O) groups is 1. The highest BCUT2D eigenvalue weighted by Gasteiger charge is 2.74. The minimum Gasteiger partial charge on any atom is -0.356 e. The fraction of sp³-hybridized carbons (Fsp3) is 0.720. The molecule has 6 heteroatoms. The van der Waals surface area contributed by atoms with Crippen LogP contribution < -0.4 is 0 Å². The maximum atomic E-state index is 14.1. The van der Waals surface area contributed by atoms with Crippen molar-refractivity contribution in [2.75, 3.05) is 0 Å².